The molecule has 0 saturated heterocycles. The van der Waals surface area contributed by atoms with Crippen molar-refractivity contribution in [2.45, 2.75) is 0 Å². The smallest absolute Gasteiger partial charge is 0.280 e. The van der Waals surface area contributed by atoms with Gasteiger partial charge in [-0.3, -0.25) is 4.79 Å². The van der Waals surface area contributed by atoms with Gasteiger partial charge in [0.25, 0.3) is 5.91 Å². The molecule has 0 aliphatic carbocycles. The van der Waals surface area contributed by atoms with Gasteiger partial charge in [-0.2, -0.15) is 5.10 Å². The van der Waals surface area contributed by atoms with E-state index in [2.05, 4.69) is 16.3 Å². The van der Waals surface area contributed by atoms with Crippen molar-refractivity contribution in [2.24, 2.45) is 0 Å². The maximum atomic E-state index is 12.5. The van der Waals surface area contributed by atoms with E-state index in [4.69, 9.17) is 11.2 Å². The second-order valence-electron chi connectivity index (χ2n) is 5.01. The highest BCUT2D eigenvalue weighted by molar-refractivity contribution is 6.04. The highest BCUT2D eigenvalue weighted by atomic mass is 16.5. The lowest BCUT2D eigenvalue weighted by molar-refractivity contribution is 0.101. The molecule has 0 atom stereocenters. The van der Waals surface area contributed by atoms with Gasteiger partial charge in [0.1, 0.15) is 0 Å². The Morgan fingerprint density at radius 1 is 1.21 bits per heavy atom. The van der Waals surface area contributed by atoms with Gasteiger partial charge in [0.2, 0.25) is 0 Å². The minimum Gasteiger partial charge on any atom is -0.493 e. The summed E-state index contributed by atoms with van der Waals surface area (Å²) in [6, 6.07) is 16.6. The zero-order valence-electron chi connectivity index (χ0n) is 13.1. The third kappa shape index (κ3) is 3.13. The average molecular weight is 317 g/mol. The lowest BCUT2D eigenvalue weighted by atomic mass is 10.2. The highest BCUT2D eigenvalue weighted by Gasteiger charge is 2.18. The van der Waals surface area contributed by atoms with E-state index in [0.29, 0.717) is 17.0 Å². The fourth-order valence-corrected chi connectivity index (χ4v) is 2.25. The van der Waals surface area contributed by atoms with Crippen LogP contribution < -0.4 is 10.1 Å². The highest BCUT2D eigenvalue weighted by Crippen LogP contribution is 2.21. The van der Waals surface area contributed by atoms with Crippen molar-refractivity contribution in [1.29, 1.82) is 0 Å². The number of rotatable bonds is 4. The summed E-state index contributed by atoms with van der Waals surface area (Å²) in [5.41, 5.74) is 2.33. The van der Waals surface area contributed by atoms with Crippen molar-refractivity contribution in [2.75, 3.05) is 12.4 Å². The van der Waals surface area contributed by atoms with E-state index in [-0.39, 0.29) is 11.6 Å². The summed E-state index contributed by atoms with van der Waals surface area (Å²) in [4.78, 5) is 12.5. The molecule has 5 nitrogen and oxygen atoms in total. The van der Waals surface area contributed by atoms with E-state index >= 15 is 0 Å². The third-order valence-corrected chi connectivity index (χ3v) is 3.42. The van der Waals surface area contributed by atoms with E-state index in [0.717, 1.165) is 5.69 Å². The number of carbonyl (C=O) groups is 1. The molecule has 118 valence electrons. The van der Waals surface area contributed by atoms with Crippen LogP contribution in [0.4, 0.5) is 5.69 Å². The first-order chi connectivity index (χ1) is 11.7. The fraction of sp³-hybridized carbons (Fsp3) is 0.0526. The van der Waals surface area contributed by atoms with E-state index in [1.165, 1.54) is 7.11 Å². The van der Waals surface area contributed by atoms with Gasteiger partial charge in [0.05, 0.1) is 19.0 Å². The topological polar surface area (TPSA) is 56.2 Å². The molecule has 0 aliphatic heterocycles. The summed E-state index contributed by atoms with van der Waals surface area (Å²) in [5, 5.41) is 7.11. The van der Waals surface area contributed by atoms with Crippen molar-refractivity contribution in [1.82, 2.24) is 9.78 Å². The molecule has 24 heavy (non-hydrogen) atoms. The van der Waals surface area contributed by atoms with Crippen LogP contribution in [0, 0.1) is 12.3 Å². The Kier molecular flexibility index (Phi) is 4.30. The molecular weight excluding hydrogens is 302 g/mol. The number of hydrogen-bond acceptors (Lipinski definition) is 3. The summed E-state index contributed by atoms with van der Waals surface area (Å²) < 4.78 is 6.88. The first kappa shape index (κ1) is 15.4. The summed E-state index contributed by atoms with van der Waals surface area (Å²) in [5.74, 6) is 2.56. The molecule has 0 fully saturated rings. The van der Waals surface area contributed by atoms with Gasteiger partial charge in [0, 0.05) is 11.3 Å². The molecule has 0 saturated carbocycles. The number of methoxy groups -OCH3 is 1. The monoisotopic (exact) mass is 317 g/mol. The average Bonchev–Trinajstić information content (AvgIpc) is 3.07. The largest absolute Gasteiger partial charge is 0.493 e. The molecule has 1 amide bonds. The number of carbonyl (C=O) groups excluding carboxylic acids is 1. The molecule has 3 aromatic rings. The van der Waals surface area contributed by atoms with Gasteiger partial charge >= 0.3 is 0 Å². The molecule has 0 unspecified atom stereocenters. The summed E-state index contributed by atoms with van der Waals surface area (Å²) >= 11 is 0. The van der Waals surface area contributed by atoms with E-state index in [9.17, 15) is 4.79 Å². The second-order valence-corrected chi connectivity index (χ2v) is 5.01. The molecule has 3 rings (SSSR count). The SMILES string of the molecule is C#Cc1cccc(NC(=O)c2nn(-c3ccccc3)cc2OC)c1. The Morgan fingerprint density at radius 2 is 2.00 bits per heavy atom. The number of nitrogens with one attached hydrogen (secondary N) is 1. The first-order valence-corrected chi connectivity index (χ1v) is 7.28. The summed E-state index contributed by atoms with van der Waals surface area (Å²) in [7, 11) is 1.50. The van der Waals surface area contributed by atoms with Gasteiger partial charge in [-0.25, -0.2) is 4.68 Å². The second kappa shape index (κ2) is 6.71. The summed E-state index contributed by atoms with van der Waals surface area (Å²) in [6.07, 6.45) is 7.04. The quantitative estimate of drug-likeness (QED) is 0.752. The molecule has 1 N–H and O–H groups in total. The third-order valence-electron chi connectivity index (χ3n) is 3.42. The van der Waals surface area contributed by atoms with Crippen molar-refractivity contribution in [3.05, 3.63) is 72.1 Å². The molecule has 0 radical (unpaired) electrons. The van der Waals surface area contributed by atoms with Crippen LogP contribution in [0.3, 0.4) is 0 Å². The normalized spacial score (nSPS) is 10.0. The number of benzene rings is 2. The summed E-state index contributed by atoms with van der Waals surface area (Å²) in [6.45, 7) is 0. The standard InChI is InChI=1S/C19H15N3O2/c1-3-14-8-7-9-15(12-14)20-19(23)18-17(24-2)13-22(21-18)16-10-5-4-6-11-16/h1,4-13H,2H3,(H,20,23). The number of amides is 1. The Bertz CT molecular complexity index is 908. The Hall–Kier alpha value is -3.52. The van der Waals surface area contributed by atoms with E-state index in [1.54, 1.807) is 35.1 Å². The van der Waals surface area contributed by atoms with Crippen LogP contribution in [0.5, 0.6) is 5.75 Å². The van der Waals surface area contributed by atoms with Crippen LogP contribution >= 0.6 is 0 Å². The zero-order chi connectivity index (χ0) is 16.9. The fourth-order valence-electron chi connectivity index (χ4n) is 2.25. The minimum atomic E-state index is -0.365. The van der Waals surface area contributed by atoms with Crippen molar-refractivity contribution < 1.29 is 9.53 Å². The van der Waals surface area contributed by atoms with Gasteiger partial charge < -0.3 is 10.1 Å². The number of nitrogens with zero attached hydrogens (tertiary/aromatic N) is 2. The van der Waals surface area contributed by atoms with Gasteiger partial charge in [0.15, 0.2) is 11.4 Å². The zero-order valence-corrected chi connectivity index (χ0v) is 13.1. The van der Waals surface area contributed by atoms with Crippen molar-refractivity contribution in [3.8, 4) is 23.8 Å². The van der Waals surface area contributed by atoms with Gasteiger partial charge in [-0.15, -0.1) is 6.42 Å². The van der Waals surface area contributed by atoms with E-state index in [1.807, 2.05) is 30.3 Å². The number of ether oxygens (including phenoxy) is 1. The molecule has 5 heteroatoms. The molecular formula is C19H15N3O2. The molecule has 1 aromatic heterocycles. The molecule has 1 heterocycles. The number of para-hydroxylation sites is 1. The lowest BCUT2D eigenvalue weighted by Crippen LogP contribution is -2.14. The van der Waals surface area contributed by atoms with Crippen molar-refractivity contribution >= 4 is 11.6 Å². The van der Waals surface area contributed by atoms with Gasteiger partial charge in [-0.05, 0) is 30.3 Å². The Labute approximate surface area is 139 Å². The molecule has 0 bridgehead atoms. The van der Waals surface area contributed by atoms with Crippen LogP contribution in [-0.2, 0) is 0 Å². The van der Waals surface area contributed by atoms with Crippen LogP contribution in [0.25, 0.3) is 5.69 Å². The number of hydrogen-bond donors (Lipinski definition) is 1. The van der Waals surface area contributed by atoms with Crippen LogP contribution in [0.15, 0.2) is 60.8 Å². The predicted molar refractivity (Wildman–Crippen MR) is 92.4 cm³/mol. The number of terminal acetylenes is 1. The molecule has 2 aromatic carbocycles. The number of anilines is 1. The maximum Gasteiger partial charge on any atom is 0.280 e. The predicted octanol–water partition coefficient (Wildman–Crippen LogP) is 3.11. The number of aromatic nitrogens is 2. The van der Waals surface area contributed by atoms with Crippen LogP contribution in [0.2, 0.25) is 0 Å². The minimum absolute atomic E-state index is 0.201. The van der Waals surface area contributed by atoms with Gasteiger partial charge in [-0.1, -0.05) is 30.2 Å². The van der Waals surface area contributed by atoms with Crippen molar-refractivity contribution in [3.63, 3.8) is 0 Å². The Balaban J connectivity index is 1.89. The maximum absolute atomic E-state index is 12.5. The Morgan fingerprint density at radius 3 is 2.71 bits per heavy atom. The lowest BCUT2D eigenvalue weighted by Gasteiger charge is -2.05. The van der Waals surface area contributed by atoms with E-state index < -0.39 is 0 Å². The first-order valence-electron chi connectivity index (χ1n) is 7.28. The van der Waals surface area contributed by atoms with Crippen LogP contribution in [-0.4, -0.2) is 22.8 Å². The molecule has 0 spiro atoms. The van der Waals surface area contributed by atoms with Crippen LogP contribution in [0.1, 0.15) is 16.1 Å². The molecule has 0 aliphatic rings.